The predicted molar refractivity (Wildman–Crippen MR) is 204 cm³/mol. The Hall–Kier alpha value is -4.87. The van der Waals surface area contributed by atoms with Gasteiger partial charge >= 0.3 is 18.1 Å². The van der Waals surface area contributed by atoms with Crippen LogP contribution in [0, 0.1) is 20.2 Å². The first-order chi connectivity index (χ1) is 26.0. The van der Waals surface area contributed by atoms with Crippen molar-refractivity contribution >= 4 is 69.7 Å². The molecule has 0 bridgehead atoms. The molecule has 0 saturated heterocycles. The van der Waals surface area contributed by atoms with Crippen LogP contribution in [0.25, 0.3) is 0 Å². The highest BCUT2D eigenvalue weighted by Gasteiger charge is 2.38. The standard InChI is InChI=1S/C20H21Cl2NO5.C14H12Cl2N2O3.C2HF3O2/c1-20(2,3)28-18(24)6-4-5-13-7-9-15(10-8-13)27-19-16(21)11-14(23(25)26)12-17(19)22;15-12-7-10(18(19)20)8-13(16)14(12)21-11-3-1-9(2-4-11)5-6-17;3-2(4,5)1(6)7/h7-12H,4-6H2,1-3H3;1-4,7-8H,5-6,17H2;(H,6,7). The molecule has 0 aromatic heterocycles. The predicted octanol–water partition coefficient (Wildman–Crippen LogP) is 11.2. The minimum Gasteiger partial charge on any atom is -0.475 e. The first-order valence-corrected chi connectivity index (χ1v) is 17.5. The van der Waals surface area contributed by atoms with E-state index in [2.05, 4.69) is 0 Å². The average Bonchev–Trinajstić information content (AvgIpc) is 3.08. The number of alkyl halides is 3. The molecular formula is C36H34Cl4F3N3O10. The summed E-state index contributed by atoms with van der Waals surface area (Å²) in [6.45, 7) is 6.09. The number of non-ortho nitro benzene ring substituents is 2. The number of carbonyl (C=O) groups excluding carboxylic acids is 1. The second-order valence-corrected chi connectivity index (χ2v) is 13.9. The summed E-state index contributed by atoms with van der Waals surface area (Å²) in [5, 5.41) is 28.9. The molecule has 0 spiro atoms. The van der Waals surface area contributed by atoms with E-state index in [1.165, 1.54) is 24.3 Å². The number of esters is 1. The van der Waals surface area contributed by atoms with Crippen LogP contribution < -0.4 is 15.2 Å². The summed E-state index contributed by atoms with van der Waals surface area (Å²) >= 11 is 24.1. The summed E-state index contributed by atoms with van der Waals surface area (Å²) < 4.78 is 48.3. The molecule has 0 unspecified atom stereocenters. The normalized spacial score (nSPS) is 10.9. The number of nitrogens with zero attached hydrogens (tertiary/aromatic N) is 2. The Morgan fingerprint density at radius 1 is 0.714 bits per heavy atom. The number of carbonyl (C=O) groups is 2. The Morgan fingerprint density at radius 2 is 1.05 bits per heavy atom. The first-order valence-electron chi connectivity index (χ1n) is 16.0. The number of ether oxygens (including phenoxy) is 3. The van der Waals surface area contributed by atoms with Crippen LogP contribution in [0.5, 0.6) is 23.0 Å². The van der Waals surface area contributed by atoms with E-state index in [-0.39, 0.29) is 48.9 Å². The van der Waals surface area contributed by atoms with Crippen LogP contribution in [0.2, 0.25) is 20.1 Å². The lowest BCUT2D eigenvalue weighted by molar-refractivity contribution is -0.385. The fourth-order valence-corrected chi connectivity index (χ4v) is 5.28. The summed E-state index contributed by atoms with van der Waals surface area (Å²) in [4.78, 5) is 41.0. The molecule has 20 heteroatoms. The summed E-state index contributed by atoms with van der Waals surface area (Å²) in [6.07, 6.45) is -2.56. The average molecular weight is 867 g/mol. The van der Waals surface area contributed by atoms with Crippen molar-refractivity contribution in [1.82, 2.24) is 0 Å². The maximum absolute atomic E-state index is 11.7. The van der Waals surface area contributed by atoms with Gasteiger partial charge in [-0.25, -0.2) is 4.79 Å². The van der Waals surface area contributed by atoms with E-state index < -0.39 is 27.6 Å². The van der Waals surface area contributed by atoms with Crippen molar-refractivity contribution < 1.29 is 51.9 Å². The zero-order chi connectivity index (χ0) is 42.4. The number of nitro groups is 2. The van der Waals surface area contributed by atoms with Gasteiger partial charge in [-0.1, -0.05) is 70.7 Å². The van der Waals surface area contributed by atoms with Crippen molar-refractivity contribution in [2.75, 3.05) is 6.54 Å². The van der Waals surface area contributed by atoms with E-state index in [4.69, 9.17) is 76.2 Å². The number of aliphatic carboxylic acids is 1. The van der Waals surface area contributed by atoms with Gasteiger partial charge in [0.25, 0.3) is 11.4 Å². The number of hydrogen-bond acceptors (Lipinski definition) is 10. The number of aryl methyl sites for hydroxylation is 1. The number of nitro benzene ring substituents is 2. The van der Waals surface area contributed by atoms with Crippen LogP contribution in [0.1, 0.15) is 44.7 Å². The van der Waals surface area contributed by atoms with E-state index in [1.807, 2.05) is 45.0 Å². The van der Waals surface area contributed by atoms with Crippen LogP contribution in [0.15, 0.2) is 72.8 Å². The first kappa shape index (κ1) is 47.3. The largest absolute Gasteiger partial charge is 0.490 e. The molecule has 0 amide bonds. The maximum atomic E-state index is 11.7. The number of benzene rings is 4. The molecule has 0 saturated carbocycles. The summed E-state index contributed by atoms with van der Waals surface area (Å²) in [5.74, 6) is -1.59. The topological polar surface area (TPSA) is 194 Å². The number of carboxylic acid groups (broad SMARTS) is 1. The second-order valence-electron chi connectivity index (χ2n) is 12.3. The molecule has 3 N–H and O–H groups in total. The molecule has 0 aliphatic carbocycles. The third-order valence-electron chi connectivity index (χ3n) is 6.62. The second kappa shape index (κ2) is 21.4. The van der Waals surface area contributed by atoms with Crippen LogP contribution in [-0.2, 0) is 27.2 Å². The number of hydrogen-bond donors (Lipinski definition) is 2. The third kappa shape index (κ3) is 16.5. The Morgan fingerprint density at radius 3 is 1.34 bits per heavy atom. The van der Waals surface area contributed by atoms with E-state index >= 15 is 0 Å². The summed E-state index contributed by atoms with van der Waals surface area (Å²) in [7, 11) is 0. The molecule has 0 aliphatic heterocycles. The van der Waals surface area contributed by atoms with E-state index in [9.17, 15) is 38.2 Å². The van der Waals surface area contributed by atoms with Gasteiger partial charge in [-0.3, -0.25) is 25.0 Å². The van der Waals surface area contributed by atoms with Crippen molar-refractivity contribution in [2.24, 2.45) is 5.73 Å². The van der Waals surface area contributed by atoms with Gasteiger partial charge in [0.05, 0.1) is 29.9 Å². The van der Waals surface area contributed by atoms with Gasteiger partial charge < -0.3 is 25.1 Å². The fourth-order valence-electron chi connectivity index (χ4n) is 4.18. The van der Waals surface area contributed by atoms with Gasteiger partial charge in [-0.15, -0.1) is 0 Å². The van der Waals surface area contributed by atoms with Gasteiger partial charge in [-0.2, -0.15) is 13.2 Å². The van der Waals surface area contributed by atoms with Gasteiger partial charge in [0.15, 0.2) is 11.5 Å². The molecule has 0 atom stereocenters. The number of carboxylic acids is 1. The highest BCUT2D eigenvalue weighted by molar-refractivity contribution is 6.38. The summed E-state index contributed by atoms with van der Waals surface area (Å²) in [5.41, 5.74) is 6.74. The van der Waals surface area contributed by atoms with Crippen LogP contribution in [0.3, 0.4) is 0 Å². The molecular weight excluding hydrogens is 833 g/mol. The highest BCUT2D eigenvalue weighted by atomic mass is 35.5. The molecule has 4 aromatic carbocycles. The smallest absolute Gasteiger partial charge is 0.475 e. The molecule has 0 radical (unpaired) electrons. The zero-order valence-corrected chi connectivity index (χ0v) is 32.7. The minimum atomic E-state index is -5.08. The lowest BCUT2D eigenvalue weighted by Gasteiger charge is -2.19. The zero-order valence-electron chi connectivity index (χ0n) is 29.7. The molecule has 0 aliphatic rings. The number of rotatable bonds is 12. The van der Waals surface area contributed by atoms with Crippen molar-refractivity contribution in [3.8, 4) is 23.0 Å². The van der Waals surface area contributed by atoms with Crippen LogP contribution in [0.4, 0.5) is 24.5 Å². The maximum Gasteiger partial charge on any atom is 0.490 e. The van der Waals surface area contributed by atoms with E-state index in [0.717, 1.165) is 24.0 Å². The molecule has 13 nitrogen and oxygen atoms in total. The molecule has 4 rings (SSSR count). The quantitative estimate of drug-likeness (QED) is 0.0781. The van der Waals surface area contributed by atoms with Crippen molar-refractivity contribution in [1.29, 1.82) is 0 Å². The molecule has 0 fully saturated rings. The minimum absolute atomic E-state index is 0.0561. The van der Waals surface area contributed by atoms with E-state index in [1.54, 1.807) is 24.3 Å². The number of nitrogens with two attached hydrogens (primary N) is 1. The lowest BCUT2D eigenvalue weighted by atomic mass is 10.1. The van der Waals surface area contributed by atoms with Crippen molar-refractivity contribution in [2.45, 2.75) is 58.2 Å². The van der Waals surface area contributed by atoms with Gasteiger partial charge in [0, 0.05) is 30.7 Å². The molecule has 0 heterocycles. The van der Waals surface area contributed by atoms with Gasteiger partial charge in [-0.05, 0) is 82.0 Å². The SMILES string of the molecule is CC(C)(C)OC(=O)CCCc1ccc(Oc2c(Cl)cc([N+](=O)[O-])cc2Cl)cc1.NCCc1ccc(Oc2c(Cl)cc([N+](=O)[O-])cc2Cl)cc1.O=C(O)C(F)(F)F. The Bertz CT molecular complexity index is 1950. The Balaban J connectivity index is 0.000000339. The van der Waals surface area contributed by atoms with Crippen LogP contribution in [-0.4, -0.2) is 45.2 Å². The summed E-state index contributed by atoms with van der Waals surface area (Å²) in [6, 6.07) is 19.3. The van der Waals surface area contributed by atoms with Crippen molar-refractivity contribution in [3.05, 3.63) is 124 Å². The van der Waals surface area contributed by atoms with Gasteiger partial charge in [0.2, 0.25) is 0 Å². The molecule has 302 valence electrons. The lowest BCUT2D eigenvalue weighted by Crippen LogP contribution is -2.23. The Kier molecular flexibility index (Phi) is 18.1. The third-order valence-corrected chi connectivity index (χ3v) is 7.74. The highest BCUT2D eigenvalue weighted by Crippen LogP contribution is 2.40. The van der Waals surface area contributed by atoms with Crippen molar-refractivity contribution in [3.63, 3.8) is 0 Å². The van der Waals surface area contributed by atoms with Crippen LogP contribution >= 0.6 is 46.4 Å². The Labute approximate surface area is 338 Å². The fraction of sp³-hybridized carbons (Fsp3) is 0.278. The van der Waals surface area contributed by atoms with Gasteiger partial charge in [0.1, 0.15) is 17.1 Å². The molecule has 56 heavy (non-hydrogen) atoms. The number of halogens is 7. The monoisotopic (exact) mass is 865 g/mol. The molecule has 4 aromatic rings. The van der Waals surface area contributed by atoms with E-state index in [0.29, 0.717) is 30.9 Å².